The normalized spacial score (nSPS) is 15.9. The lowest BCUT2D eigenvalue weighted by Gasteiger charge is -2.14. The fourth-order valence-corrected chi connectivity index (χ4v) is 5.17. The van der Waals surface area contributed by atoms with Gasteiger partial charge < -0.3 is 4.74 Å². The monoisotopic (exact) mass is 608 g/mol. The summed E-state index contributed by atoms with van der Waals surface area (Å²) in [6, 6.07) is 18.3. The lowest BCUT2D eigenvalue weighted by molar-refractivity contribution is -0.122. The van der Waals surface area contributed by atoms with Crippen LogP contribution in [0.25, 0.3) is 6.08 Å². The summed E-state index contributed by atoms with van der Waals surface area (Å²) in [5, 5.41) is 2.24. The maximum Gasteiger partial charge on any atom is 0.266 e. The Morgan fingerprint density at radius 1 is 1.03 bits per heavy atom. The number of halogens is 4. The van der Waals surface area contributed by atoms with Gasteiger partial charge in [-0.15, -0.1) is 0 Å². The molecule has 0 N–H and O–H groups in total. The summed E-state index contributed by atoms with van der Waals surface area (Å²) < 4.78 is 6.96. The highest BCUT2D eigenvalue weighted by molar-refractivity contribution is 9.10. The van der Waals surface area contributed by atoms with Gasteiger partial charge in [-0.05, 0) is 84.4 Å². The maximum absolute atomic E-state index is 13.3. The molecule has 4 nitrogen and oxygen atoms in total. The zero-order valence-corrected chi connectivity index (χ0v) is 23.3. The molecule has 35 heavy (non-hydrogen) atoms. The van der Waals surface area contributed by atoms with Crippen molar-refractivity contribution in [2.24, 2.45) is 4.99 Å². The number of amides is 1. The molecule has 1 saturated heterocycles. The minimum absolute atomic E-state index is 0.0834. The van der Waals surface area contributed by atoms with Crippen LogP contribution >= 0.6 is 62.5 Å². The first-order valence-corrected chi connectivity index (χ1v) is 13.5. The zero-order chi connectivity index (χ0) is 24.9. The van der Waals surface area contributed by atoms with Gasteiger partial charge in [0.2, 0.25) is 0 Å². The van der Waals surface area contributed by atoms with Gasteiger partial charge in [-0.1, -0.05) is 63.7 Å². The molecule has 1 heterocycles. The van der Waals surface area contributed by atoms with E-state index in [1.165, 1.54) is 11.8 Å². The summed E-state index contributed by atoms with van der Waals surface area (Å²) in [5.74, 6) is 0.560. The Kier molecular flexibility index (Phi) is 8.84. The van der Waals surface area contributed by atoms with Crippen molar-refractivity contribution in [1.29, 1.82) is 0 Å². The topological polar surface area (TPSA) is 41.9 Å². The van der Waals surface area contributed by atoms with Gasteiger partial charge in [-0.2, -0.15) is 0 Å². The molecule has 1 amide bonds. The van der Waals surface area contributed by atoms with Crippen LogP contribution in [0.2, 0.25) is 15.1 Å². The van der Waals surface area contributed by atoms with E-state index in [0.717, 1.165) is 27.7 Å². The van der Waals surface area contributed by atoms with Crippen molar-refractivity contribution in [2.75, 3.05) is 6.54 Å². The maximum atomic E-state index is 13.3. The number of rotatable bonds is 7. The Morgan fingerprint density at radius 3 is 2.51 bits per heavy atom. The van der Waals surface area contributed by atoms with Crippen molar-refractivity contribution in [1.82, 2.24) is 4.90 Å². The fraction of sp³-hybridized carbons (Fsp3) is 0.154. The predicted molar refractivity (Wildman–Crippen MR) is 151 cm³/mol. The van der Waals surface area contributed by atoms with Crippen molar-refractivity contribution in [3.8, 4) is 5.75 Å². The Morgan fingerprint density at radius 2 is 1.80 bits per heavy atom. The van der Waals surface area contributed by atoms with Crippen LogP contribution in [0.5, 0.6) is 5.75 Å². The summed E-state index contributed by atoms with van der Waals surface area (Å²) in [4.78, 5) is 20.2. The Balaban J connectivity index is 1.62. The molecule has 1 aliphatic heterocycles. The Labute approximate surface area is 232 Å². The van der Waals surface area contributed by atoms with E-state index in [0.29, 0.717) is 44.0 Å². The van der Waals surface area contributed by atoms with Gasteiger partial charge in [-0.3, -0.25) is 9.69 Å². The van der Waals surface area contributed by atoms with Crippen LogP contribution < -0.4 is 4.74 Å². The second-order valence-corrected chi connectivity index (χ2v) is 10.8. The number of nitrogens with zero attached hydrogens (tertiary/aromatic N) is 2. The van der Waals surface area contributed by atoms with E-state index in [1.807, 2.05) is 49.4 Å². The van der Waals surface area contributed by atoms with Crippen LogP contribution in [-0.4, -0.2) is 22.5 Å². The molecule has 0 spiro atoms. The van der Waals surface area contributed by atoms with Crippen molar-refractivity contribution >= 4 is 85.3 Å². The average Bonchev–Trinajstić information content (AvgIpc) is 3.11. The lowest BCUT2D eigenvalue weighted by Crippen LogP contribution is -2.29. The van der Waals surface area contributed by atoms with E-state index in [1.54, 1.807) is 29.2 Å². The molecule has 0 bridgehead atoms. The van der Waals surface area contributed by atoms with E-state index < -0.39 is 0 Å². The molecule has 0 radical (unpaired) electrons. The Bertz CT molecular complexity index is 1310. The summed E-state index contributed by atoms with van der Waals surface area (Å²) in [6.45, 7) is 2.92. The minimum Gasteiger partial charge on any atom is -0.488 e. The molecular weight excluding hydrogens is 591 g/mol. The van der Waals surface area contributed by atoms with Crippen molar-refractivity contribution < 1.29 is 9.53 Å². The van der Waals surface area contributed by atoms with Crippen LogP contribution in [0.15, 0.2) is 75.0 Å². The second-order valence-electron chi connectivity index (χ2n) is 7.66. The van der Waals surface area contributed by atoms with E-state index in [-0.39, 0.29) is 5.91 Å². The van der Waals surface area contributed by atoms with Crippen LogP contribution in [0.4, 0.5) is 5.69 Å². The van der Waals surface area contributed by atoms with Gasteiger partial charge in [0.25, 0.3) is 5.91 Å². The first kappa shape index (κ1) is 26.1. The SMILES string of the molecule is CCCN1C(=O)/C(=C/c2cc(Br)ccc2OCc2ccc(Cl)c(Cl)c2)SC1=Nc1ccc(Cl)cc1. The van der Waals surface area contributed by atoms with E-state index in [4.69, 9.17) is 44.5 Å². The van der Waals surface area contributed by atoms with Gasteiger partial charge in [0.1, 0.15) is 12.4 Å². The van der Waals surface area contributed by atoms with Gasteiger partial charge >= 0.3 is 0 Å². The van der Waals surface area contributed by atoms with Crippen molar-refractivity contribution in [3.05, 3.63) is 96.2 Å². The molecule has 3 aromatic rings. The first-order chi connectivity index (χ1) is 16.8. The van der Waals surface area contributed by atoms with Crippen molar-refractivity contribution in [3.63, 3.8) is 0 Å². The van der Waals surface area contributed by atoms with E-state index in [2.05, 4.69) is 15.9 Å². The van der Waals surface area contributed by atoms with E-state index in [9.17, 15) is 4.79 Å². The fourth-order valence-electron chi connectivity index (χ4n) is 3.33. The van der Waals surface area contributed by atoms with Crippen molar-refractivity contribution in [2.45, 2.75) is 20.0 Å². The van der Waals surface area contributed by atoms with Gasteiger partial charge in [0.05, 0.1) is 20.6 Å². The zero-order valence-electron chi connectivity index (χ0n) is 18.6. The van der Waals surface area contributed by atoms with E-state index >= 15 is 0 Å². The number of carbonyl (C=O) groups excluding carboxylic acids is 1. The third-order valence-corrected chi connectivity index (χ3v) is 7.51. The van der Waals surface area contributed by atoms with Gasteiger partial charge in [-0.25, -0.2) is 4.99 Å². The lowest BCUT2D eigenvalue weighted by atomic mass is 10.1. The number of hydrogen-bond donors (Lipinski definition) is 0. The summed E-state index contributed by atoms with van der Waals surface area (Å²) in [7, 11) is 0. The standard InChI is InChI=1S/C26H20BrCl3N2O2S/c1-2-11-32-25(33)24(35-26(32)31-20-7-5-19(28)6-8-20)14-17-13-18(27)4-10-23(17)34-15-16-3-9-21(29)22(30)12-16/h3-10,12-14H,2,11,15H2,1H3/b24-14-,31-26?. The third-order valence-electron chi connectivity index (χ3n) is 5.02. The predicted octanol–water partition coefficient (Wildman–Crippen LogP) is 9.00. The molecule has 0 atom stereocenters. The number of benzene rings is 3. The van der Waals surface area contributed by atoms with Gasteiger partial charge in [0.15, 0.2) is 5.17 Å². The quantitative estimate of drug-likeness (QED) is 0.251. The second kappa shape index (κ2) is 11.8. The van der Waals surface area contributed by atoms with Crippen LogP contribution in [-0.2, 0) is 11.4 Å². The number of thioether (sulfide) groups is 1. The molecule has 0 aliphatic carbocycles. The number of ether oxygens (including phenoxy) is 1. The third kappa shape index (κ3) is 6.63. The summed E-state index contributed by atoms with van der Waals surface area (Å²) >= 11 is 23.0. The molecule has 1 fully saturated rings. The molecule has 0 saturated carbocycles. The average molecular weight is 611 g/mol. The van der Waals surface area contributed by atoms with Crippen LogP contribution in [0.1, 0.15) is 24.5 Å². The molecule has 1 aliphatic rings. The smallest absolute Gasteiger partial charge is 0.266 e. The van der Waals surface area contributed by atoms with Gasteiger partial charge in [0, 0.05) is 21.6 Å². The van der Waals surface area contributed by atoms with Crippen LogP contribution in [0.3, 0.4) is 0 Å². The highest BCUT2D eigenvalue weighted by atomic mass is 79.9. The highest BCUT2D eigenvalue weighted by Gasteiger charge is 2.33. The molecule has 0 unspecified atom stereocenters. The Hall–Kier alpha value is -1.96. The largest absolute Gasteiger partial charge is 0.488 e. The number of aliphatic imine (C=N–C) groups is 1. The highest BCUT2D eigenvalue weighted by Crippen LogP contribution is 2.37. The minimum atomic E-state index is -0.0834. The van der Waals surface area contributed by atoms with Crippen LogP contribution in [0, 0.1) is 0 Å². The molecule has 0 aromatic heterocycles. The molecular formula is C26H20BrCl3N2O2S. The summed E-state index contributed by atoms with van der Waals surface area (Å²) in [6.07, 6.45) is 2.66. The number of hydrogen-bond acceptors (Lipinski definition) is 4. The number of amidine groups is 1. The molecule has 3 aromatic carbocycles. The molecule has 9 heteroatoms. The summed E-state index contributed by atoms with van der Waals surface area (Å²) in [5.41, 5.74) is 2.40. The molecule has 180 valence electrons. The number of carbonyl (C=O) groups is 1. The molecule has 4 rings (SSSR count). The first-order valence-electron chi connectivity index (χ1n) is 10.8.